The average molecular weight is 540 g/mol. The van der Waals surface area contributed by atoms with Gasteiger partial charge in [-0.2, -0.15) is 0 Å². The van der Waals surface area contributed by atoms with Crippen LogP contribution >= 0.6 is 0 Å². The van der Waals surface area contributed by atoms with Gasteiger partial charge in [-0.05, 0) is 67.2 Å². The zero-order valence-electron chi connectivity index (χ0n) is 22.3. The van der Waals surface area contributed by atoms with Crippen LogP contribution in [0.1, 0.15) is 44.7 Å². The molecule has 3 aromatic rings. The van der Waals surface area contributed by atoms with Gasteiger partial charge >= 0.3 is 6.09 Å². The number of likely N-dealkylation sites (tertiary alicyclic amines) is 1. The Hall–Kier alpha value is -4.17. The molecule has 2 amide bonds. The van der Waals surface area contributed by atoms with Gasteiger partial charge in [0.2, 0.25) is 0 Å². The number of fused-ring (bicyclic) bond motifs is 3. The van der Waals surface area contributed by atoms with E-state index >= 15 is 0 Å². The molecule has 4 aliphatic rings. The SMILES string of the molecule is O=Cc1ccc(COc2ccc(C(=O)N3CC(NC(=O)O[C@H]4CN5CCC4CC5)(c4ccccc4)C3)cc2)cc1. The van der Waals surface area contributed by atoms with Crippen molar-refractivity contribution in [2.45, 2.75) is 31.1 Å². The average Bonchev–Trinajstić information content (AvgIpc) is 2.99. The monoisotopic (exact) mass is 539 g/mol. The summed E-state index contributed by atoms with van der Waals surface area (Å²) in [5, 5.41) is 3.12. The number of ether oxygens (including phenoxy) is 2. The van der Waals surface area contributed by atoms with E-state index in [0.717, 1.165) is 49.9 Å². The molecule has 8 heteroatoms. The third-order valence-corrected chi connectivity index (χ3v) is 8.35. The second-order valence-electron chi connectivity index (χ2n) is 11.0. The summed E-state index contributed by atoms with van der Waals surface area (Å²) in [6.07, 6.45) is 2.45. The molecule has 206 valence electrons. The lowest BCUT2D eigenvalue weighted by Crippen LogP contribution is -2.69. The van der Waals surface area contributed by atoms with Crippen LogP contribution in [-0.2, 0) is 16.9 Å². The first kappa shape index (κ1) is 26.1. The molecule has 2 bridgehead atoms. The fourth-order valence-corrected chi connectivity index (χ4v) is 5.98. The van der Waals surface area contributed by atoms with Crippen LogP contribution in [0.3, 0.4) is 0 Å². The number of alkyl carbamates (subject to hydrolysis) is 1. The lowest BCUT2D eigenvalue weighted by Gasteiger charge is -2.51. The van der Waals surface area contributed by atoms with Crippen LogP contribution < -0.4 is 10.1 Å². The highest BCUT2D eigenvalue weighted by Gasteiger charge is 2.49. The third kappa shape index (κ3) is 5.45. The molecule has 4 fully saturated rings. The van der Waals surface area contributed by atoms with Gasteiger partial charge < -0.3 is 19.7 Å². The van der Waals surface area contributed by atoms with Crippen LogP contribution in [0.5, 0.6) is 5.75 Å². The lowest BCUT2D eigenvalue weighted by atomic mass is 9.82. The first-order valence-corrected chi connectivity index (χ1v) is 13.8. The second-order valence-corrected chi connectivity index (χ2v) is 11.0. The molecule has 0 aliphatic carbocycles. The van der Waals surface area contributed by atoms with Crippen molar-refractivity contribution in [3.05, 3.63) is 101 Å². The van der Waals surface area contributed by atoms with Crippen molar-refractivity contribution in [1.82, 2.24) is 15.1 Å². The summed E-state index contributed by atoms with van der Waals surface area (Å²) >= 11 is 0. The van der Waals surface area contributed by atoms with Gasteiger partial charge in [-0.25, -0.2) is 4.79 Å². The Bertz CT molecular complexity index is 1350. The van der Waals surface area contributed by atoms with Crippen LogP contribution in [0.25, 0.3) is 0 Å². The molecule has 0 aromatic heterocycles. The molecular weight excluding hydrogens is 506 g/mol. The Morgan fingerprint density at radius 1 is 0.925 bits per heavy atom. The van der Waals surface area contributed by atoms with Gasteiger partial charge in [-0.3, -0.25) is 14.5 Å². The van der Waals surface area contributed by atoms with Crippen molar-refractivity contribution in [3.8, 4) is 5.75 Å². The number of nitrogens with one attached hydrogen (secondary N) is 1. The molecule has 8 nitrogen and oxygen atoms in total. The molecule has 3 aromatic carbocycles. The number of benzene rings is 3. The molecule has 1 atom stereocenters. The van der Waals surface area contributed by atoms with E-state index in [0.29, 0.717) is 42.5 Å². The van der Waals surface area contributed by atoms with Gasteiger partial charge in [0.15, 0.2) is 0 Å². The van der Waals surface area contributed by atoms with E-state index < -0.39 is 11.6 Å². The fourth-order valence-electron chi connectivity index (χ4n) is 5.98. The third-order valence-electron chi connectivity index (χ3n) is 8.35. The van der Waals surface area contributed by atoms with Crippen LogP contribution in [0.15, 0.2) is 78.9 Å². The number of amides is 2. The molecule has 4 saturated heterocycles. The number of carbonyl (C=O) groups is 3. The summed E-state index contributed by atoms with van der Waals surface area (Å²) in [7, 11) is 0. The number of rotatable bonds is 8. The summed E-state index contributed by atoms with van der Waals surface area (Å²) < 4.78 is 11.8. The van der Waals surface area contributed by atoms with Gasteiger partial charge in [0.05, 0.1) is 13.1 Å². The van der Waals surface area contributed by atoms with Crippen molar-refractivity contribution >= 4 is 18.3 Å². The van der Waals surface area contributed by atoms with E-state index in [4.69, 9.17) is 9.47 Å². The number of piperidine rings is 3. The Balaban J connectivity index is 1.07. The van der Waals surface area contributed by atoms with E-state index in [9.17, 15) is 14.4 Å². The second kappa shape index (κ2) is 11.1. The van der Waals surface area contributed by atoms with E-state index in [1.165, 1.54) is 0 Å². The number of aldehydes is 1. The topological polar surface area (TPSA) is 88.2 Å². The molecule has 0 unspecified atom stereocenters. The normalized spacial score (nSPS) is 22.6. The highest BCUT2D eigenvalue weighted by molar-refractivity contribution is 5.95. The van der Waals surface area contributed by atoms with E-state index in [1.807, 2.05) is 42.5 Å². The Labute approximate surface area is 233 Å². The molecule has 4 heterocycles. The number of carbonyl (C=O) groups excluding carboxylic acids is 3. The Morgan fingerprint density at radius 2 is 1.62 bits per heavy atom. The van der Waals surface area contributed by atoms with Crippen LogP contribution in [0.4, 0.5) is 4.79 Å². The predicted molar refractivity (Wildman–Crippen MR) is 149 cm³/mol. The molecule has 1 N–H and O–H groups in total. The van der Waals surface area contributed by atoms with Crippen molar-refractivity contribution in [2.75, 3.05) is 32.7 Å². The predicted octanol–water partition coefficient (Wildman–Crippen LogP) is 4.25. The maximum absolute atomic E-state index is 13.3. The maximum Gasteiger partial charge on any atom is 0.408 e. The summed E-state index contributed by atoms with van der Waals surface area (Å²) in [5.41, 5.74) is 2.39. The minimum Gasteiger partial charge on any atom is -0.489 e. The van der Waals surface area contributed by atoms with Gasteiger partial charge in [0.1, 0.15) is 30.3 Å². The van der Waals surface area contributed by atoms with Gasteiger partial charge in [0, 0.05) is 17.7 Å². The maximum atomic E-state index is 13.3. The van der Waals surface area contributed by atoms with Crippen molar-refractivity contribution in [2.24, 2.45) is 5.92 Å². The van der Waals surface area contributed by atoms with E-state index in [2.05, 4.69) is 10.2 Å². The van der Waals surface area contributed by atoms with Gasteiger partial charge in [-0.1, -0.05) is 54.6 Å². The minimum absolute atomic E-state index is 0.0791. The van der Waals surface area contributed by atoms with E-state index in [-0.39, 0.29) is 12.0 Å². The summed E-state index contributed by atoms with van der Waals surface area (Å²) in [6.45, 7) is 4.05. The molecule has 0 radical (unpaired) electrons. The summed E-state index contributed by atoms with van der Waals surface area (Å²) in [5.74, 6) is 0.975. The smallest absolute Gasteiger partial charge is 0.408 e. The molecule has 0 saturated carbocycles. The Kier molecular flexibility index (Phi) is 7.26. The highest BCUT2D eigenvalue weighted by atomic mass is 16.6. The van der Waals surface area contributed by atoms with Gasteiger partial charge in [0.25, 0.3) is 5.91 Å². The molecule has 0 spiro atoms. The summed E-state index contributed by atoms with van der Waals surface area (Å²) in [6, 6.07) is 24.1. The van der Waals surface area contributed by atoms with E-state index in [1.54, 1.807) is 41.3 Å². The number of nitrogens with zero attached hydrogens (tertiary/aromatic N) is 2. The Morgan fingerprint density at radius 3 is 2.25 bits per heavy atom. The van der Waals surface area contributed by atoms with Gasteiger partial charge in [-0.15, -0.1) is 0 Å². The summed E-state index contributed by atoms with van der Waals surface area (Å²) in [4.78, 5) is 41.3. The molecular formula is C32H33N3O5. The quantitative estimate of drug-likeness (QED) is 0.431. The minimum atomic E-state index is -0.690. The van der Waals surface area contributed by atoms with Crippen molar-refractivity contribution < 1.29 is 23.9 Å². The lowest BCUT2D eigenvalue weighted by molar-refractivity contribution is -0.0404. The standard InChI is InChI=1S/C32H33N3O5/c36-19-23-6-8-24(9-7-23)20-39-28-12-10-26(11-13-28)30(37)35-21-32(22-35,27-4-2-1-3-5-27)33-31(38)40-29-18-34-16-14-25(29)15-17-34/h1-13,19,25,29H,14-18,20-22H2,(H,33,38)/t29-/m0/s1. The highest BCUT2D eigenvalue weighted by Crippen LogP contribution is 2.35. The van der Waals surface area contributed by atoms with Crippen LogP contribution in [0.2, 0.25) is 0 Å². The van der Waals surface area contributed by atoms with Crippen LogP contribution in [0, 0.1) is 5.92 Å². The molecule has 4 aliphatic heterocycles. The number of hydrogen-bond donors (Lipinski definition) is 1. The van der Waals surface area contributed by atoms with Crippen molar-refractivity contribution in [1.29, 1.82) is 0 Å². The van der Waals surface area contributed by atoms with Crippen LogP contribution in [-0.4, -0.2) is 66.9 Å². The van der Waals surface area contributed by atoms with Crippen molar-refractivity contribution in [3.63, 3.8) is 0 Å². The zero-order chi connectivity index (χ0) is 27.5. The first-order chi connectivity index (χ1) is 19.5. The molecule has 40 heavy (non-hydrogen) atoms. The largest absolute Gasteiger partial charge is 0.489 e. The molecule has 7 rings (SSSR count). The first-order valence-electron chi connectivity index (χ1n) is 13.8. The zero-order valence-corrected chi connectivity index (χ0v) is 22.3. The fraction of sp³-hybridized carbons (Fsp3) is 0.344. The number of hydrogen-bond acceptors (Lipinski definition) is 6.